The number of carboxylic acid groups (broad SMARTS) is 1. The molecule has 4 N–H and O–H groups in total. The third kappa shape index (κ3) is 4.19. The molecule has 8 heteroatoms. The first-order chi connectivity index (χ1) is 10.9. The molecule has 0 radical (unpaired) electrons. The van der Waals surface area contributed by atoms with Crippen LogP contribution in [0.5, 0.6) is 5.75 Å². The van der Waals surface area contributed by atoms with Gasteiger partial charge in [-0.15, -0.1) is 6.58 Å². The number of carboxylic acids is 1. The van der Waals surface area contributed by atoms with E-state index in [1.807, 2.05) is 0 Å². The van der Waals surface area contributed by atoms with Gasteiger partial charge in [-0.25, -0.2) is 14.3 Å². The lowest BCUT2D eigenvalue weighted by atomic mass is 10.0. The highest BCUT2D eigenvalue weighted by atomic mass is 32.2. The lowest BCUT2D eigenvalue weighted by Gasteiger charge is -2.25. The van der Waals surface area contributed by atoms with E-state index >= 15 is 0 Å². The van der Waals surface area contributed by atoms with Gasteiger partial charge in [0.2, 0.25) is 0 Å². The van der Waals surface area contributed by atoms with Gasteiger partial charge >= 0.3 is 5.97 Å². The van der Waals surface area contributed by atoms with Gasteiger partial charge in [0.1, 0.15) is 5.75 Å². The number of ether oxygens (including phenoxy) is 1. The van der Waals surface area contributed by atoms with Crippen molar-refractivity contribution >= 4 is 15.8 Å². The van der Waals surface area contributed by atoms with Crippen LogP contribution in [0.2, 0.25) is 0 Å². The minimum absolute atomic E-state index is 0.0781. The highest BCUT2D eigenvalue weighted by Gasteiger charge is 2.48. The lowest BCUT2D eigenvalue weighted by molar-refractivity contribution is -0.138. The third-order valence-corrected chi connectivity index (χ3v) is 5.42. The number of hydrogen-bond acceptors (Lipinski definition) is 6. The van der Waals surface area contributed by atoms with Gasteiger partial charge in [-0.1, -0.05) is 18.2 Å². The molecule has 0 aliphatic rings. The first-order valence-electron chi connectivity index (χ1n) is 6.48. The van der Waals surface area contributed by atoms with Gasteiger partial charge in [0.25, 0.3) is 0 Å². The fourth-order valence-corrected chi connectivity index (χ4v) is 3.79. The second kappa shape index (κ2) is 9.09. The maximum Gasteiger partial charge on any atom is 0.329 e. The largest absolute Gasteiger partial charge is 0.497 e. The summed E-state index contributed by atoms with van der Waals surface area (Å²) < 4.78 is 28.4. The van der Waals surface area contributed by atoms with E-state index in [1.165, 1.54) is 49.6 Å². The first kappa shape index (κ1) is 20.8. The number of hydrogen-bond donors (Lipinski definition) is 3. The molecule has 0 amide bonds. The van der Waals surface area contributed by atoms with Crippen molar-refractivity contribution in [3.8, 4) is 5.75 Å². The van der Waals surface area contributed by atoms with E-state index in [0.29, 0.717) is 5.75 Å². The maximum atomic E-state index is 12.8. The van der Waals surface area contributed by atoms with Crippen LogP contribution in [-0.4, -0.2) is 36.6 Å². The molecule has 0 heterocycles. The van der Waals surface area contributed by atoms with Crippen LogP contribution in [0.15, 0.2) is 54.0 Å². The molecule has 0 aliphatic heterocycles. The van der Waals surface area contributed by atoms with Crippen LogP contribution in [-0.2, 0) is 14.6 Å². The molecule has 0 aromatic heterocycles. The molecule has 0 aliphatic carbocycles. The lowest BCUT2D eigenvalue weighted by Crippen LogP contribution is -2.44. The molecule has 1 rings (SSSR count). The van der Waals surface area contributed by atoms with E-state index in [4.69, 9.17) is 9.94 Å². The van der Waals surface area contributed by atoms with Crippen LogP contribution in [0, 0.1) is 0 Å². The van der Waals surface area contributed by atoms with Crippen molar-refractivity contribution in [3.05, 3.63) is 49.1 Å². The third-order valence-electron chi connectivity index (χ3n) is 3.09. The quantitative estimate of drug-likeness (QED) is 0.508. The van der Waals surface area contributed by atoms with Crippen molar-refractivity contribution < 1.29 is 28.3 Å². The number of aliphatic carboxylic acids is 1. The van der Waals surface area contributed by atoms with Crippen molar-refractivity contribution in [3.63, 3.8) is 0 Å². The molecule has 0 fully saturated rings. The smallest absolute Gasteiger partial charge is 0.329 e. The van der Waals surface area contributed by atoms with E-state index in [0.717, 1.165) is 0 Å². The molecule has 0 spiro atoms. The predicted octanol–water partition coefficient (Wildman–Crippen LogP) is 1.78. The molecule has 0 bridgehead atoms. The average Bonchev–Trinajstić information content (AvgIpc) is 2.56. The Morgan fingerprint density at radius 1 is 1.35 bits per heavy atom. The topological polar surface area (TPSA) is 127 Å². The van der Waals surface area contributed by atoms with E-state index in [1.54, 1.807) is 6.92 Å². The molecule has 0 saturated heterocycles. The molecule has 23 heavy (non-hydrogen) atoms. The molecule has 1 aromatic carbocycles. The normalized spacial score (nSPS) is 13.6. The number of methoxy groups -OCH3 is 1. The molecule has 1 unspecified atom stereocenters. The summed E-state index contributed by atoms with van der Waals surface area (Å²) >= 11 is 0. The average molecular weight is 343 g/mol. The van der Waals surface area contributed by atoms with Gasteiger partial charge in [-0.2, -0.15) is 0 Å². The molecule has 1 aromatic rings. The minimum Gasteiger partial charge on any atom is -0.497 e. The van der Waals surface area contributed by atoms with Crippen molar-refractivity contribution in [1.82, 2.24) is 0 Å². The highest BCUT2D eigenvalue weighted by Crippen LogP contribution is 2.32. The maximum absolute atomic E-state index is 12.8. The molecular weight excluding hydrogens is 322 g/mol. The van der Waals surface area contributed by atoms with Gasteiger partial charge in [0, 0.05) is 0 Å². The van der Waals surface area contributed by atoms with Gasteiger partial charge in [-0.3, -0.25) is 4.79 Å². The summed E-state index contributed by atoms with van der Waals surface area (Å²) in [6.07, 6.45) is 3.66. The zero-order valence-electron chi connectivity index (χ0n) is 13.0. The van der Waals surface area contributed by atoms with E-state index < -0.39 is 20.6 Å². The van der Waals surface area contributed by atoms with Gasteiger partial charge in [0.05, 0.1) is 12.0 Å². The summed E-state index contributed by atoms with van der Waals surface area (Å²) in [5, 5.41) is 16.0. The highest BCUT2D eigenvalue weighted by molar-refractivity contribution is 7.93. The Hall–Kier alpha value is -2.16. The van der Waals surface area contributed by atoms with Crippen LogP contribution in [0.25, 0.3) is 0 Å². The fourth-order valence-electron chi connectivity index (χ4n) is 1.99. The summed E-state index contributed by atoms with van der Waals surface area (Å²) in [6, 6.07) is 5.61. The van der Waals surface area contributed by atoms with Crippen molar-refractivity contribution in [2.75, 3.05) is 7.11 Å². The Morgan fingerprint density at radius 3 is 2.22 bits per heavy atom. The first-order valence-corrected chi connectivity index (χ1v) is 7.96. The van der Waals surface area contributed by atoms with Gasteiger partial charge < -0.3 is 15.1 Å². The Balaban J connectivity index is 0.00000232. The van der Waals surface area contributed by atoms with Crippen LogP contribution in [0.3, 0.4) is 0 Å². The monoisotopic (exact) mass is 343 g/mol. The molecule has 7 nitrogen and oxygen atoms in total. The van der Waals surface area contributed by atoms with E-state index in [2.05, 4.69) is 12.5 Å². The summed E-state index contributed by atoms with van der Waals surface area (Å²) in [5.41, 5.74) is 0. The minimum atomic E-state index is -4.12. The van der Waals surface area contributed by atoms with Crippen LogP contribution in [0.1, 0.15) is 13.3 Å². The van der Waals surface area contributed by atoms with Crippen LogP contribution in [0.4, 0.5) is 0 Å². The van der Waals surface area contributed by atoms with E-state index in [-0.39, 0.29) is 11.3 Å². The fraction of sp³-hybridized carbons (Fsp3) is 0.267. The number of benzene rings is 1. The zero-order valence-corrected chi connectivity index (χ0v) is 13.8. The number of allylic oxidation sites excluding steroid dienone is 2. The second-order valence-electron chi connectivity index (χ2n) is 4.37. The van der Waals surface area contributed by atoms with Crippen molar-refractivity contribution in [2.45, 2.75) is 23.0 Å². The predicted molar refractivity (Wildman–Crippen MR) is 86.1 cm³/mol. The number of sulfone groups is 1. The Bertz CT molecular complexity index is 651. The summed E-state index contributed by atoms with van der Waals surface area (Å²) in [6.45, 7) is 5.04. The summed E-state index contributed by atoms with van der Waals surface area (Å²) in [7, 11) is -2.66. The molecular formula is C15H21NO6S. The number of rotatable bonds is 7. The Kier molecular flexibility index (Phi) is 8.23. The van der Waals surface area contributed by atoms with Crippen molar-refractivity contribution in [2.24, 2.45) is 5.90 Å². The van der Waals surface area contributed by atoms with Gasteiger partial charge in [-0.05, 0) is 37.6 Å². The van der Waals surface area contributed by atoms with Crippen molar-refractivity contribution in [1.29, 1.82) is 0 Å². The molecule has 1 atom stereocenters. The van der Waals surface area contributed by atoms with E-state index in [9.17, 15) is 18.3 Å². The summed E-state index contributed by atoms with van der Waals surface area (Å²) in [5.74, 6) is 2.56. The number of carbonyl (C=O) groups is 1. The second-order valence-corrected chi connectivity index (χ2v) is 6.57. The van der Waals surface area contributed by atoms with Crippen LogP contribution >= 0.6 is 0 Å². The van der Waals surface area contributed by atoms with Gasteiger partial charge in [0.15, 0.2) is 14.6 Å². The zero-order chi connectivity index (χ0) is 18.1. The Morgan fingerprint density at radius 2 is 1.87 bits per heavy atom. The SMILES string of the molecule is C=CCC(C=CC)(C(=O)O)S(=O)(=O)c1ccc(OC)cc1.NO. The number of nitrogens with two attached hydrogens (primary N) is 1. The molecule has 128 valence electrons. The van der Waals surface area contributed by atoms with Crippen LogP contribution < -0.4 is 10.6 Å². The molecule has 0 saturated carbocycles. The Labute approximate surface area is 135 Å². The summed E-state index contributed by atoms with van der Waals surface area (Å²) in [4.78, 5) is 11.6. The standard InChI is InChI=1S/C15H18O5S.H3NO/c1-4-10-15(11-5-2,14(16)17)21(18,19)13-8-6-12(20-3)7-9-13;1-2/h4-9,11H,1,10H2,2-3H3,(H,16,17);2H,1H2.